The number of nitrogens with zero attached hydrogens (tertiary/aromatic N) is 3. The molecule has 2 rings (SSSR count). The van der Waals surface area contributed by atoms with E-state index in [0.29, 0.717) is 18.3 Å². The summed E-state index contributed by atoms with van der Waals surface area (Å²) >= 11 is 5.66. The zero-order valence-corrected chi connectivity index (χ0v) is 15.0. The van der Waals surface area contributed by atoms with Crippen molar-refractivity contribution in [2.75, 3.05) is 11.6 Å². The maximum Gasteiger partial charge on any atom is 0.387 e. The van der Waals surface area contributed by atoms with Crippen LogP contribution in [0.3, 0.4) is 0 Å². The highest BCUT2D eigenvalue weighted by molar-refractivity contribution is 6.32. The molecule has 0 fully saturated rings. The molecule has 0 saturated carbocycles. The molecule has 0 aliphatic rings. The molecule has 0 aliphatic heterocycles. The number of aromatic nitrogens is 2. The Morgan fingerprint density at radius 2 is 1.96 bits per heavy atom. The molecule has 1 heterocycles. The number of ether oxygens (including phenoxy) is 2. The van der Waals surface area contributed by atoms with Gasteiger partial charge in [0.15, 0.2) is 0 Å². The normalized spacial score (nSPS) is 10.4. The zero-order valence-electron chi connectivity index (χ0n) is 14.3. The van der Waals surface area contributed by atoms with Crippen LogP contribution in [-0.2, 0) is 0 Å². The molecule has 10 heteroatoms. The summed E-state index contributed by atoms with van der Waals surface area (Å²) in [5, 5.41) is 1.23. The molecule has 1 aromatic heterocycles. The van der Waals surface area contributed by atoms with Crippen molar-refractivity contribution in [3.63, 3.8) is 0 Å². The first-order valence-electron chi connectivity index (χ1n) is 7.45. The standard InChI is InChI=1S/C9H10ClF2N3O.C7H10N2O/c10-7-2-1-6(15(14)4-3-13)5-8(7)16-9(11)12;1-3-10-7-8-4-6(2)5-9-7/h1-5,9H,13-14H2;4-5H,3H2,1-2H3/b4-3-;. The second-order valence-electron chi connectivity index (χ2n) is 4.72. The second-order valence-corrected chi connectivity index (χ2v) is 5.13. The minimum atomic E-state index is -2.94. The van der Waals surface area contributed by atoms with Crippen LogP contribution in [0.2, 0.25) is 5.02 Å². The number of hydrogen-bond acceptors (Lipinski definition) is 7. The van der Waals surface area contributed by atoms with Gasteiger partial charge in [0.05, 0.1) is 17.3 Å². The van der Waals surface area contributed by atoms with Crippen molar-refractivity contribution in [2.45, 2.75) is 20.5 Å². The third-order valence-electron chi connectivity index (χ3n) is 2.71. The van der Waals surface area contributed by atoms with E-state index in [1.807, 2.05) is 13.8 Å². The van der Waals surface area contributed by atoms with Crippen molar-refractivity contribution in [1.29, 1.82) is 0 Å². The Morgan fingerprint density at radius 3 is 2.50 bits per heavy atom. The van der Waals surface area contributed by atoms with Crippen LogP contribution < -0.4 is 26.1 Å². The number of halogens is 3. The van der Waals surface area contributed by atoms with Crippen LogP contribution in [-0.4, -0.2) is 23.2 Å². The summed E-state index contributed by atoms with van der Waals surface area (Å²) in [5.41, 5.74) is 6.60. The van der Waals surface area contributed by atoms with Crippen molar-refractivity contribution >= 4 is 17.3 Å². The SMILES string of the molecule is CCOc1ncc(C)cn1.N/C=C\N(N)c1ccc(Cl)c(OC(F)F)c1. The number of aryl methyl sites for hydroxylation is 1. The molecule has 4 N–H and O–H groups in total. The van der Waals surface area contributed by atoms with Crippen LogP contribution in [0.1, 0.15) is 12.5 Å². The lowest BCUT2D eigenvalue weighted by Crippen LogP contribution is -2.24. The Bertz CT molecular complexity index is 702. The van der Waals surface area contributed by atoms with Crippen LogP contribution in [0.4, 0.5) is 14.5 Å². The van der Waals surface area contributed by atoms with Gasteiger partial charge in [0.2, 0.25) is 0 Å². The molecule has 0 unspecified atom stereocenters. The highest BCUT2D eigenvalue weighted by Crippen LogP contribution is 2.30. The molecule has 2 aromatic rings. The molecule has 142 valence electrons. The van der Waals surface area contributed by atoms with Crippen LogP contribution in [0.25, 0.3) is 0 Å². The summed E-state index contributed by atoms with van der Waals surface area (Å²) in [6, 6.07) is 4.68. The molecule has 1 aromatic carbocycles. The second kappa shape index (κ2) is 11.1. The third-order valence-corrected chi connectivity index (χ3v) is 3.02. The Morgan fingerprint density at radius 1 is 1.31 bits per heavy atom. The van der Waals surface area contributed by atoms with Gasteiger partial charge >= 0.3 is 12.6 Å². The first-order valence-corrected chi connectivity index (χ1v) is 7.83. The fourth-order valence-electron chi connectivity index (χ4n) is 1.60. The predicted octanol–water partition coefficient (Wildman–Crippen LogP) is 3.24. The van der Waals surface area contributed by atoms with Crippen molar-refractivity contribution in [1.82, 2.24) is 9.97 Å². The number of hydrogen-bond donors (Lipinski definition) is 2. The van der Waals surface area contributed by atoms with E-state index in [2.05, 4.69) is 14.7 Å². The van der Waals surface area contributed by atoms with E-state index in [1.54, 1.807) is 18.5 Å². The fourth-order valence-corrected chi connectivity index (χ4v) is 1.76. The largest absolute Gasteiger partial charge is 0.464 e. The van der Waals surface area contributed by atoms with Crippen LogP contribution in [0.15, 0.2) is 43.0 Å². The van der Waals surface area contributed by atoms with Gasteiger partial charge in [0.25, 0.3) is 0 Å². The van der Waals surface area contributed by atoms with E-state index < -0.39 is 6.61 Å². The minimum Gasteiger partial charge on any atom is -0.464 e. The van der Waals surface area contributed by atoms with Crippen LogP contribution >= 0.6 is 11.6 Å². The van der Waals surface area contributed by atoms with Crippen molar-refractivity contribution in [3.05, 3.63) is 53.6 Å². The van der Waals surface area contributed by atoms with Crippen molar-refractivity contribution < 1.29 is 18.3 Å². The number of nitrogens with two attached hydrogens (primary N) is 2. The van der Waals surface area contributed by atoms with Gasteiger partial charge in [-0.25, -0.2) is 15.8 Å². The fraction of sp³-hybridized carbons (Fsp3) is 0.250. The third kappa shape index (κ3) is 7.49. The molecule has 0 aliphatic carbocycles. The maximum atomic E-state index is 12.0. The summed E-state index contributed by atoms with van der Waals surface area (Å²) in [4.78, 5) is 7.87. The van der Waals surface area contributed by atoms with Gasteiger partial charge in [-0.15, -0.1) is 0 Å². The van der Waals surface area contributed by atoms with E-state index in [1.165, 1.54) is 24.5 Å². The van der Waals surface area contributed by atoms with Gasteiger partial charge in [0.1, 0.15) is 5.75 Å². The van der Waals surface area contributed by atoms with E-state index in [4.69, 9.17) is 27.9 Å². The molecule has 0 spiro atoms. The number of anilines is 1. The van der Waals surface area contributed by atoms with Gasteiger partial charge in [-0.3, -0.25) is 5.01 Å². The molecule has 0 saturated heterocycles. The number of alkyl halides is 2. The van der Waals surface area contributed by atoms with Crippen molar-refractivity contribution in [3.8, 4) is 11.8 Å². The molecule has 0 amide bonds. The van der Waals surface area contributed by atoms with Gasteiger partial charge in [0, 0.05) is 30.9 Å². The molecule has 26 heavy (non-hydrogen) atoms. The predicted molar refractivity (Wildman–Crippen MR) is 96.0 cm³/mol. The zero-order chi connectivity index (χ0) is 19.5. The van der Waals surface area contributed by atoms with E-state index in [-0.39, 0.29) is 10.8 Å². The average molecular weight is 388 g/mol. The Hall–Kier alpha value is -2.65. The molecular formula is C16H20ClF2N5O2. The Kier molecular flexibility index (Phi) is 9.10. The van der Waals surface area contributed by atoms with Gasteiger partial charge in [-0.2, -0.15) is 8.78 Å². The summed E-state index contributed by atoms with van der Waals surface area (Å²) in [5.74, 6) is 5.39. The molecule has 0 atom stereocenters. The summed E-state index contributed by atoms with van der Waals surface area (Å²) < 4.78 is 33.3. The highest BCUT2D eigenvalue weighted by atomic mass is 35.5. The average Bonchev–Trinajstić information content (AvgIpc) is 2.59. The minimum absolute atomic E-state index is 0.0779. The van der Waals surface area contributed by atoms with Gasteiger partial charge in [-0.1, -0.05) is 11.6 Å². The van der Waals surface area contributed by atoms with E-state index >= 15 is 0 Å². The first-order chi connectivity index (χ1) is 12.4. The molecular weight excluding hydrogens is 368 g/mol. The maximum absolute atomic E-state index is 12.0. The smallest absolute Gasteiger partial charge is 0.387 e. The first kappa shape index (κ1) is 21.4. The summed E-state index contributed by atoms with van der Waals surface area (Å²) in [7, 11) is 0. The number of hydrazine groups is 1. The molecule has 7 nitrogen and oxygen atoms in total. The van der Waals surface area contributed by atoms with E-state index in [9.17, 15) is 8.78 Å². The lowest BCUT2D eigenvalue weighted by Gasteiger charge is -2.15. The van der Waals surface area contributed by atoms with Crippen molar-refractivity contribution in [2.24, 2.45) is 11.6 Å². The summed E-state index contributed by atoms with van der Waals surface area (Å²) in [6.07, 6.45) is 6.04. The lowest BCUT2D eigenvalue weighted by molar-refractivity contribution is -0.0497. The monoisotopic (exact) mass is 387 g/mol. The molecule has 0 bridgehead atoms. The van der Waals surface area contributed by atoms with E-state index in [0.717, 1.165) is 10.6 Å². The van der Waals surface area contributed by atoms with Gasteiger partial charge < -0.3 is 15.2 Å². The topological polar surface area (TPSA) is 99.5 Å². The lowest BCUT2D eigenvalue weighted by atomic mass is 10.3. The quantitative estimate of drug-likeness (QED) is 0.579. The van der Waals surface area contributed by atoms with Crippen LogP contribution in [0.5, 0.6) is 11.8 Å². The number of benzene rings is 1. The highest BCUT2D eigenvalue weighted by Gasteiger charge is 2.10. The Balaban J connectivity index is 0.000000289. The van der Waals surface area contributed by atoms with Gasteiger partial charge in [-0.05, 0) is 31.5 Å². The molecule has 0 radical (unpaired) electrons. The Labute approximate surface area is 155 Å². The van der Waals surface area contributed by atoms with Crippen LogP contribution in [0, 0.1) is 6.92 Å². The number of rotatable bonds is 6. The summed E-state index contributed by atoms with van der Waals surface area (Å²) in [6.45, 7) is 1.52.